The van der Waals surface area contributed by atoms with E-state index in [9.17, 15) is 4.79 Å². The molecule has 0 aliphatic carbocycles. The summed E-state index contributed by atoms with van der Waals surface area (Å²) in [6.07, 6.45) is 1.57. The van der Waals surface area contributed by atoms with Gasteiger partial charge in [-0.15, -0.1) is 0 Å². The van der Waals surface area contributed by atoms with E-state index in [1.807, 2.05) is 42.5 Å². The summed E-state index contributed by atoms with van der Waals surface area (Å²) in [6.45, 7) is 0.418. The van der Waals surface area contributed by atoms with Gasteiger partial charge >= 0.3 is 0 Å². The van der Waals surface area contributed by atoms with E-state index in [4.69, 9.17) is 10.00 Å². The molecular weight excluding hydrogens is 418 g/mol. The second-order valence-electron chi connectivity index (χ2n) is 5.85. The highest BCUT2D eigenvalue weighted by molar-refractivity contribution is 9.10. The predicted octanol–water partition coefficient (Wildman–Crippen LogP) is 4.66. The van der Waals surface area contributed by atoms with Gasteiger partial charge in [0.05, 0.1) is 23.4 Å². The van der Waals surface area contributed by atoms with Crippen LogP contribution in [0.25, 0.3) is 0 Å². The SMILES string of the molecule is N#Cc1ccc(COc2ccc(/C=N/NC(=O)c3ccccc3Br)cc2)cc1. The highest BCUT2D eigenvalue weighted by atomic mass is 79.9. The Labute approximate surface area is 171 Å². The van der Waals surface area contributed by atoms with Crippen LogP contribution in [0.3, 0.4) is 0 Å². The van der Waals surface area contributed by atoms with Crippen molar-refractivity contribution in [2.24, 2.45) is 5.10 Å². The average Bonchev–Trinajstić information content (AvgIpc) is 2.74. The molecule has 0 unspecified atom stereocenters. The number of nitrogens with zero attached hydrogens (tertiary/aromatic N) is 2. The molecule has 1 N–H and O–H groups in total. The van der Waals surface area contributed by atoms with Crippen LogP contribution in [0, 0.1) is 11.3 Å². The Bertz CT molecular complexity index is 1020. The molecule has 0 aliphatic rings. The molecule has 0 spiro atoms. The van der Waals surface area contributed by atoms with Crippen LogP contribution in [0.4, 0.5) is 0 Å². The third-order valence-electron chi connectivity index (χ3n) is 3.87. The molecule has 138 valence electrons. The van der Waals surface area contributed by atoms with E-state index in [2.05, 4.69) is 32.5 Å². The zero-order valence-electron chi connectivity index (χ0n) is 14.8. The lowest BCUT2D eigenvalue weighted by atomic mass is 10.1. The summed E-state index contributed by atoms with van der Waals surface area (Å²) >= 11 is 3.34. The summed E-state index contributed by atoms with van der Waals surface area (Å²) in [4.78, 5) is 12.1. The molecular formula is C22H16BrN3O2. The second-order valence-corrected chi connectivity index (χ2v) is 6.70. The van der Waals surface area contributed by atoms with Crippen LogP contribution in [-0.4, -0.2) is 12.1 Å². The van der Waals surface area contributed by atoms with Gasteiger partial charge in [0.1, 0.15) is 12.4 Å². The smallest absolute Gasteiger partial charge is 0.272 e. The first kappa shape index (κ1) is 19.3. The molecule has 0 saturated heterocycles. The summed E-state index contributed by atoms with van der Waals surface area (Å²) < 4.78 is 6.45. The molecule has 3 rings (SSSR count). The Hall–Kier alpha value is -3.43. The van der Waals surface area contributed by atoms with Crippen LogP contribution in [0.5, 0.6) is 5.75 Å². The molecule has 28 heavy (non-hydrogen) atoms. The summed E-state index contributed by atoms with van der Waals surface area (Å²) in [5, 5.41) is 12.8. The quantitative estimate of drug-likeness (QED) is 0.453. The Balaban J connectivity index is 1.52. The van der Waals surface area contributed by atoms with Crippen molar-refractivity contribution < 1.29 is 9.53 Å². The number of nitriles is 1. The largest absolute Gasteiger partial charge is 0.489 e. The number of carbonyl (C=O) groups excluding carboxylic acids is 1. The van der Waals surface area contributed by atoms with Gasteiger partial charge in [0.2, 0.25) is 0 Å². The van der Waals surface area contributed by atoms with Crippen molar-refractivity contribution in [3.63, 3.8) is 0 Å². The first-order chi connectivity index (χ1) is 13.7. The number of rotatable bonds is 6. The number of hydrogen-bond acceptors (Lipinski definition) is 4. The van der Waals surface area contributed by atoms with Gasteiger partial charge in [0, 0.05) is 4.47 Å². The Kier molecular flexibility index (Phi) is 6.55. The molecule has 1 amide bonds. The van der Waals surface area contributed by atoms with Gasteiger partial charge in [-0.3, -0.25) is 4.79 Å². The third kappa shape index (κ3) is 5.29. The Morgan fingerprint density at radius 2 is 1.79 bits per heavy atom. The maximum absolute atomic E-state index is 12.1. The maximum Gasteiger partial charge on any atom is 0.272 e. The number of hydrazone groups is 1. The third-order valence-corrected chi connectivity index (χ3v) is 4.56. The van der Waals surface area contributed by atoms with Crippen LogP contribution in [0.15, 0.2) is 82.4 Å². The molecule has 5 nitrogen and oxygen atoms in total. The minimum Gasteiger partial charge on any atom is -0.489 e. The molecule has 0 heterocycles. The van der Waals surface area contributed by atoms with Gasteiger partial charge in [0.15, 0.2) is 0 Å². The highest BCUT2D eigenvalue weighted by Crippen LogP contribution is 2.16. The van der Waals surface area contributed by atoms with Gasteiger partial charge in [0.25, 0.3) is 5.91 Å². The summed E-state index contributed by atoms with van der Waals surface area (Å²) in [6, 6.07) is 23.9. The number of hydrogen-bond donors (Lipinski definition) is 1. The number of nitrogens with one attached hydrogen (secondary N) is 1. The number of amides is 1. The van der Waals surface area contributed by atoms with E-state index in [1.54, 1.807) is 36.5 Å². The van der Waals surface area contributed by atoms with Crippen molar-refractivity contribution in [1.82, 2.24) is 5.43 Å². The van der Waals surface area contributed by atoms with Gasteiger partial charge in [-0.05, 0) is 75.6 Å². The standard InChI is InChI=1S/C22H16BrN3O2/c23-21-4-2-1-3-20(21)22(27)26-25-14-17-9-11-19(12-10-17)28-15-18-7-5-16(13-24)6-8-18/h1-12,14H,15H2,(H,26,27)/b25-14+. The summed E-state index contributed by atoms with van der Waals surface area (Å²) in [5.41, 5.74) is 5.47. The topological polar surface area (TPSA) is 74.5 Å². The van der Waals surface area contributed by atoms with Gasteiger partial charge in [-0.2, -0.15) is 10.4 Å². The van der Waals surface area contributed by atoms with Crippen molar-refractivity contribution >= 4 is 28.1 Å². The van der Waals surface area contributed by atoms with Gasteiger partial charge in [-0.25, -0.2) is 5.43 Å². The fourth-order valence-corrected chi connectivity index (χ4v) is 2.83. The normalized spacial score (nSPS) is 10.4. The van der Waals surface area contributed by atoms with Crippen LogP contribution in [0.1, 0.15) is 27.0 Å². The number of ether oxygens (including phenoxy) is 1. The first-order valence-corrected chi connectivity index (χ1v) is 9.25. The monoisotopic (exact) mass is 433 g/mol. The number of halogens is 1. The lowest BCUT2D eigenvalue weighted by molar-refractivity contribution is 0.0954. The van der Waals surface area contributed by atoms with Crippen molar-refractivity contribution in [1.29, 1.82) is 5.26 Å². The average molecular weight is 434 g/mol. The Morgan fingerprint density at radius 1 is 1.07 bits per heavy atom. The predicted molar refractivity (Wildman–Crippen MR) is 111 cm³/mol. The van der Waals surface area contributed by atoms with E-state index in [0.29, 0.717) is 22.2 Å². The lowest BCUT2D eigenvalue weighted by Crippen LogP contribution is -2.18. The minimum absolute atomic E-state index is 0.286. The molecule has 0 radical (unpaired) electrons. The van der Waals surface area contributed by atoms with E-state index >= 15 is 0 Å². The molecule has 0 saturated carbocycles. The van der Waals surface area contributed by atoms with Crippen LogP contribution in [-0.2, 0) is 6.61 Å². The number of benzene rings is 3. The molecule has 3 aromatic carbocycles. The summed E-state index contributed by atoms with van der Waals surface area (Å²) in [7, 11) is 0. The maximum atomic E-state index is 12.1. The molecule has 0 aliphatic heterocycles. The molecule has 3 aromatic rings. The number of carbonyl (C=O) groups is 1. The summed E-state index contributed by atoms with van der Waals surface area (Å²) in [5.74, 6) is 0.435. The van der Waals surface area contributed by atoms with Gasteiger partial charge in [-0.1, -0.05) is 24.3 Å². The Morgan fingerprint density at radius 3 is 2.46 bits per heavy atom. The van der Waals surface area contributed by atoms with E-state index in [1.165, 1.54) is 0 Å². The highest BCUT2D eigenvalue weighted by Gasteiger charge is 2.07. The fourth-order valence-electron chi connectivity index (χ4n) is 2.36. The van der Waals surface area contributed by atoms with Crippen molar-refractivity contribution in [2.75, 3.05) is 0 Å². The second kappa shape index (κ2) is 9.49. The van der Waals surface area contributed by atoms with Crippen LogP contribution >= 0.6 is 15.9 Å². The zero-order chi connectivity index (χ0) is 19.8. The minimum atomic E-state index is -0.286. The molecule has 6 heteroatoms. The van der Waals surface area contributed by atoms with Crippen LogP contribution < -0.4 is 10.2 Å². The molecule has 0 bridgehead atoms. The first-order valence-electron chi connectivity index (χ1n) is 8.45. The molecule has 0 aromatic heterocycles. The van der Waals surface area contributed by atoms with Crippen molar-refractivity contribution in [2.45, 2.75) is 6.61 Å². The van der Waals surface area contributed by atoms with Crippen molar-refractivity contribution in [3.05, 3.63) is 99.5 Å². The van der Waals surface area contributed by atoms with E-state index in [0.717, 1.165) is 16.9 Å². The van der Waals surface area contributed by atoms with Crippen LogP contribution in [0.2, 0.25) is 0 Å². The molecule has 0 atom stereocenters. The molecule has 0 fully saturated rings. The van der Waals surface area contributed by atoms with E-state index < -0.39 is 0 Å². The van der Waals surface area contributed by atoms with Gasteiger partial charge < -0.3 is 4.74 Å². The lowest BCUT2D eigenvalue weighted by Gasteiger charge is -2.06. The fraction of sp³-hybridized carbons (Fsp3) is 0.0455. The van der Waals surface area contributed by atoms with Crippen molar-refractivity contribution in [3.8, 4) is 11.8 Å². The van der Waals surface area contributed by atoms with E-state index in [-0.39, 0.29) is 5.91 Å². The zero-order valence-corrected chi connectivity index (χ0v) is 16.4.